The van der Waals surface area contributed by atoms with Gasteiger partial charge in [0.1, 0.15) is 12.7 Å². The van der Waals surface area contributed by atoms with Crippen molar-refractivity contribution in [3.8, 4) is 5.69 Å². The molecule has 0 saturated heterocycles. The molecule has 0 amide bonds. The van der Waals surface area contributed by atoms with Crippen molar-refractivity contribution in [3.05, 3.63) is 41.0 Å². The van der Waals surface area contributed by atoms with Gasteiger partial charge < -0.3 is 5.32 Å². The van der Waals surface area contributed by atoms with E-state index < -0.39 is 0 Å². The zero-order chi connectivity index (χ0) is 15.5. The number of hydrogen-bond donors (Lipinski definition) is 1. The van der Waals surface area contributed by atoms with Gasteiger partial charge in [0.05, 0.1) is 16.3 Å². The lowest BCUT2D eigenvalue weighted by Gasteiger charge is -2.31. The van der Waals surface area contributed by atoms with Gasteiger partial charge in [-0.15, -0.1) is 10.2 Å². The molecular formula is C15H19N5O2. The van der Waals surface area contributed by atoms with E-state index >= 15 is 0 Å². The molecule has 0 spiro atoms. The molecule has 0 aliphatic heterocycles. The highest BCUT2D eigenvalue weighted by molar-refractivity contribution is 5.65. The van der Waals surface area contributed by atoms with E-state index in [0.717, 1.165) is 12.1 Å². The average molecular weight is 301 g/mol. The molecule has 116 valence electrons. The molecule has 1 aliphatic rings. The third kappa shape index (κ3) is 2.93. The standard InChI is InChI=1S/C15H19N5O2/c1-11-4-2-3-5-13(11)18-14-7-6-12(20(21)22)8-15(14)19-9-16-17-10-19/h6-11,13,18H,2-5H2,1H3/t11-,13-/m0/s1. The number of non-ortho nitro benzene ring substituents is 1. The van der Waals surface area contributed by atoms with Crippen LogP contribution in [0.25, 0.3) is 5.69 Å². The van der Waals surface area contributed by atoms with Gasteiger partial charge >= 0.3 is 0 Å². The molecule has 2 atom stereocenters. The molecule has 1 heterocycles. The van der Waals surface area contributed by atoms with E-state index in [-0.39, 0.29) is 10.6 Å². The minimum atomic E-state index is -0.388. The summed E-state index contributed by atoms with van der Waals surface area (Å²) in [4.78, 5) is 10.6. The third-order valence-corrected chi connectivity index (χ3v) is 4.34. The summed E-state index contributed by atoms with van der Waals surface area (Å²) < 4.78 is 1.70. The number of aromatic nitrogens is 3. The van der Waals surface area contributed by atoms with Crippen molar-refractivity contribution >= 4 is 11.4 Å². The Labute approximate surface area is 128 Å². The predicted octanol–water partition coefficient (Wildman–Crippen LogP) is 3.17. The van der Waals surface area contributed by atoms with Crippen LogP contribution in [-0.4, -0.2) is 25.7 Å². The van der Waals surface area contributed by atoms with Crippen LogP contribution in [-0.2, 0) is 0 Å². The van der Waals surface area contributed by atoms with Crippen LogP contribution in [0.1, 0.15) is 32.6 Å². The Morgan fingerprint density at radius 1 is 1.27 bits per heavy atom. The molecule has 1 aromatic heterocycles. The molecule has 7 heteroatoms. The molecule has 1 aromatic carbocycles. The van der Waals surface area contributed by atoms with Gasteiger partial charge in [-0.2, -0.15) is 0 Å². The van der Waals surface area contributed by atoms with Crippen molar-refractivity contribution < 1.29 is 4.92 Å². The zero-order valence-electron chi connectivity index (χ0n) is 12.5. The molecular weight excluding hydrogens is 282 g/mol. The Morgan fingerprint density at radius 3 is 2.68 bits per heavy atom. The average Bonchev–Trinajstić information content (AvgIpc) is 3.04. The summed E-state index contributed by atoms with van der Waals surface area (Å²) in [6.07, 6.45) is 7.93. The van der Waals surface area contributed by atoms with Gasteiger partial charge in [0.2, 0.25) is 0 Å². The largest absolute Gasteiger partial charge is 0.380 e. The Bertz CT molecular complexity index is 656. The number of nitro groups is 1. The Morgan fingerprint density at radius 2 is 2.00 bits per heavy atom. The van der Waals surface area contributed by atoms with Gasteiger partial charge in [0.25, 0.3) is 5.69 Å². The van der Waals surface area contributed by atoms with Gasteiger partial charge in [0.15, 0.2) is 0 Å². The van der Waals surface area contributed by atoms with Crippen LogP contribution >= 0.6 is 0 Å². The Kier molecular flexibility index (Phi) is 4.04. The topological polar surface area (TPSA) is 85.9 Å². The van der Waals surface area contributed by atoms with Crippen molar-refractivity contribution in [3.63, 3.8) is 0 Å². The van der Waals surface area contributed by atoms with Gasteiger partial charge in [-0.3, -0.25) is 14.7 Å². The summed E-state index contributed by atoms with van der Waals surface area (Å²) in [7, 11) is 0. The van der Waals surface area contributed by atoms with Crippen LogP contribution in [0.5, 0.6) is 0 Å². The van der Waals surface area contributed by atoms with E-state index in [9.17, 15) is 10.1 Å². The van der Waals surface area contributed by atoms with Crippen LogP contribution < -0.4 is 5.32 Å². The van der Waals surface area contributed by atoms with Crippen molar-refractivity contribution in [2.75, 3.05) is 5.32 Å². The minimum absolute atomic E-state index is 0.0611. The smallest absolute Gasteiger partial charge is 0.271 e. The number of nitrogens with zero attached hydrogens (tertiary/aromatic N) is 4. The number of nitrogens with one attached hydrogen (secondary N) is 1. The van der Waals surface area contributed by atoms with Gasteiger partial charge in [-0.25, -0.2) is 0 Å². The third-order valence-electron chi connectivity index (χ3n) is 4.34. The summed E-state index contributed by atoms with van der Waals surface area (Å²) in [6, 6.07) is 5.25. The molecule has 0 unspecified atom stereocenters. The first kappa shape index (κ1) is 14.5. The second-order valence-electron chi connectivity index (χ2n) is 5.84. The second-order valence-corrected chi connectivity index (χ2v) is 5.84. The van der Waals surface area contributed by atoms with E-state index in [4.69, 9.17) is 0 Å². The van der Waals surface area contributed by atoms with E-state index in [2.05, 4.69) is 22.4 Å². The fourth-order valence-electron chi connectivity index (χ4n) is 3.02. The Hall–Kier alpha value is -2.44. The number of nitro benzene ring substituents is 1. The summed E-state index contributed by atoms with van der Waals surface area (Å²) in [5.41, 5.74) is 1.65. The lowest BCUT2D eigenvalue weighted by atomic mass is 9.86. The highest BCUT2D eigenvalue weighted by Crippen LogP contribution is 2.31. The fraction of sp³-hybridized carbons (Fsp3) is 0.467. The first-order valence-corrected chi connectivity index (χ1v) is 7.55. The van der Waals surface area contributed by atoms with Crippen LogP contribution in [0.15, 0.2) is 30.9 Å². The molecule has 2 aromatic rings. The summed E-state index contributed by atoms with van der Waals surface area (Å²) in [6.45, 7) is 2.25. The molecule has 1 N–H and O–H groups in total. The first-order valence-electron chi connectivity index (χ1n) is 7.55. The van der Waals surface area contributed by atoms with Crippen molar-refractivity contribution in [2.24, 2.45) is 5.92 Å². The fourth-order valence-corrected chi connectivity index (χ4v) is 3.02. The molecule has 7 nitrogen and oxygen atoms in total. The lowest BCUT2D eigenvalue weighted by Crippen LogP contribution is -2.30. The van der Waals surface area contributed by atoms with Gasteiger partial charge in [-0.1, -0.05) is 19.8 Å². The molecule has 1 saturated carbocycles. The molecule has 3 rings (SSSR count). The summed E-state index contributed by atoms with van der Waals surface area (Å²) in [5, 5.41) is 22.2. The maximum absolute atomic E-state index is 11.0. The zero-order valence-corrected chi connectivity index (χ0v) is 12.5. The van der Waals surface area contributed by atoms with E-state index in [1.165, 1.54) is 25.3 Å². The minimum Gasteiger partial charge on any atom is -0.380 e. The van der Waals surface area contributed by atoms with E-state index in [0.29, 0.717) is 17.6 Å². The number of anilines is 1. The molecule has 1 aliphatic carbocycles. The number of hydrogen-bond acceptors (Lipinski definition) is 5. The SMILES string of the molecule is C[C@H]1CCCC[C@@H]1Nc1ccc([N+](=O)[O-])cc1-n1cnnc1. The number of benzene rings is 1. The first-order chi connectivity index (χ1) is 10.6. The summed E-state index contributed by atoms with van der Waals surface area (Å²) >= 11 is 0. The van der Waals surface area contributed by atoms with Crippen LogP contribution in [0.3, 0.4) is 0 Å². The second kappa shape index (κ2) is 6.13. The van der Waals surface area contributed by atoms with E-state index in [1.54, 1.807) is 29.4 Å². The normalized spacial score (nSPS) is 21.5. The lowest BCUT2D eigenvalue weighted by molar-refractivity contribution is -0.384. The number of rotatable bonds is 4. The molecule has 0 bridgehead atoms. The highest BCUT2D eigenvalue weighted by Gasteiger charge is 2.22. The Balaban J connectivity index is 1.94. The maximum Gasteiger partial charge on any atom is 0.271 e. The molecule has 22 heavy (non-hydrogen) atoms. The summed E-state index contributed by atoms with van der Waals surface area (Å²) in [5.74, 6) is 0.595. The molecule has 0 radical (unpaired) electrons. The van der Waals surface area contributed by atoms with E-state index in [1.807, 2.05) is 0 Å². The predicted molar refractivity (Wildman–Crippen MR) is 83.1 cm³/mol. The van der Waals surface area contributed by atoms with Gasteiger partial charge in [0, 0.05) is 18.2 Å². The highest BCUT2D eigenvalue weighted by atomic mass is 16.6. The van der Waals surface area contributed by atoms with Crippen molar-refractivity contribution in [1.29, 1.82) is 0 Å². The van der Waals surface area contributed by atoms with Crippen molar-refractivity contribution in [1.82, 2.24) is 14.8 Å². The van der Waals surface area contributed by atoms with Crippen LogP contribution in [0.4, 0.5) is 11.4 Å². The van der Waals surface area contributed by atoms with Crippen LogP contribution in [0.2, 0.25) is 0 Å². The molecule has 1 fully saturated rings. The van der Waals surface area contributed by atoms with Crippen LogP contribution in [0, 0.1) is 16.0 Å². The van der Waals surface area contributed by atoms with Gasteiger partial charge in [-0.05, 0) is 24.8 Å². The quantitative estimate of drug-likeness (QED) is 0.692. The van der Waals surface area contributed by atoms with Crippen molar-refractivity contribution in [2.45, 2.75) is 38.6 Å². The monoisotopic (exact) mass is 301 g/mol. The maximum atomic E-state index is 11.0.